The van der Waals surface area contributed by atoms with E-state index in [0.29, 0.717) is 11.1 Å². The van der Waals surface area contributed by atoms with Gasteiger partial charge in [0, 0.05) is 19.3 Å². The third-order valence-electron chi connectivity index (χ3n) is 3.24. The Kier molecular flexibility index (Phi) is 4.92. The lowest BCUT2D eigenvalue weighted by atomic mass is 9.99. The van der Waals surface area contributed by atoms with Crippen LogP contribution in [-0.2, 0) is 11.3 Å². The molecule has 0 spiro atoms. The highest BCUT2D eigenvalue weighted by atomic mass is 35.5. The van der Waals surface area contributed by atoms with E-state index in [9.17, 15) is 0 Å². The van der Waals surface area contributed by atoms with Crippen molar-refractivity contribution in [1.82, 2.24) is 14.9 Å². The molecule has 1 aromatic heterocycles. The molecule has 4 nitrogen and oxygen atoms in total. The first-order valence-electron chi connectivity index (χ1n) is 6.38. The first-order chi connectivity index (χ1) is 8.67. The Morgan fingerprint density at radius 2 is 2.33 bits per heavy atom. The Morgan fingerprint density at radius 3 is 3.06 bits per heavy atom. The molecule has 5 heteroatoms. The van der Waals surface area contributed by atoms with E-state index in [2.05, 4.69) is 14.9 Å². The summed E-state index contributed by atoms with van der Waals surface area (Å²) < 4.78 is 5.24. The molecule has 18 heavy (non-hydrogen) atoms. The Hall–Kier alpha value is -0.710. The van der Waals surface area contributed by atoms with E-state index in [1.807, 2.05) is 6.92 Å². The van der Waals surface area contributed by atoms with Crippen molar-refractivity contribution in [1.29, 1.82) is 0 Å². The number of aromatic nitrogens is 2. The summed E-state index contributed by atoms with van der Waals surface area (Å²) in [6, 6.07) is 1.79. The summed E-state index contributed by atoms with van der Waals surface area (Å²) >= 11 is 5.96. The minimum Gasteiger partial charge on any atom is -0.384 e. The summed E-state index contributed by atoms with van der Waals surface area (Å²) in [5, 5.41) is 0.531. The zero-order valence-electron chi connectivity index (χ0n) is 11.0. The molecule has 1 aliphatic heterocycles. The van der Waals surface area contributed by atoms with Gasteiger partial charge >= 0.3 is 0 Å². The van der Waals surface area contributed by atoms with Crippen molar-refractivity contribution in [2.75, 3.05) is 26.8 Å². The van der Waals surface area contributed by atoms with Crippen LogP contribution in [0.3, 0.4) is 0 Å². The lowest BCUT2D eigenvalue weighted by molar-refractivity contribution is 0.0861. The molecule has 1 aliphatic rings. The van der Waals surface area contributed by atoms with Crippen LogP contribution in [0.2, 0.25) is 5.15 Å². The van der Waals surface area contributed by atoms with Crippen LogP contribution in [0.15, 0.2) is 6.07 Å². The van der Waals surface area contributed by atoms with E-state index in [1.165, 1.54) is 12.8 Å². The Morgan fingerprint density at radius 1 is 1.50 bits per heavy atom. The third-order valence-corrected chi connectivity index (χ3v) is 3.43. The first-order valence-corrected chi connectivity index (χ1v) is 6.76. The number of ether oxygens (including phenoxy) is 1. The Labute approximate surface area is 113 Å². The average molecular weight is 270 g/mol. The van der Waals surface area contributed by atoms with Gasteiger partial charge in [-0.1, -0.05) is 11.6 Å². The number of hydrogen-bond acceptors (Lipinski definition) is 4. The van der Waals surface area contributed by atoms with Crippen LogP contribution in [0.5, 0.6) is 0 Å². The van der Waals surface area contributed by atoms with Crippen molar-refractivity contribution in [3.8, 4) is 0 Å². The van der Waals surface area contributed by atoms with Crippen LogP contribution in [0.25, 0.3) is 0 Å². The number of methoxy groups -OCH3 is 1. The first kappa shape index (κ1) is 13.7. The molecule has 1 fully saturated rings. The van der Waals surface area contributed by atoms with E-state index in [-0.39, 0.29) is 0 Å². The number of hydrogen-bond donors (Lipinski definition) is 0. The Bertz CT molecular complexity index is 378. The fraction of sp³-hybridized carbons (Fsp3) is 0.692. The standard InChI is InChI=1S/C13H20ClN3O/c1-10-6-12(14)16-13(15-10)8-17-5-3-4-11(7-17)9-18-2/h6,11H,3-5,7-9H2,1-2H3. The van der Waals surface area contributed by atoms with Crippen molar-refractivity contribution >= 4 is 11.6 Å². The van der Waals surface area contributed by atoms with Gasteiger partial charge in [-0.3, -0.25) is 4.90 Å². The minimum absolute atomic E-state index is 0.531. The van der Waals surface area contributed by atoms with E-state index in [0.717, 1.165) is 37.8 Å². The normalized spacial score (nSPS) is 21.2. The topological polar surface area (TPSA) is 38.2 Å². The van der Waals surface area contributed by atoms with Crippen LogP contribution >= 0.6 is 11.6 Å². The largest absolute Gasteiger partial charge is 0.384 e. The molecule has 1 unspecified atom stereocenters. The zero-order chi connectivity index (χ0) is 13.0. The quantitative estimate of drug-likeness (QED) is 0.786. The number of piperidine rings is 1. The molecule has 0 amide bonds. The highest BCUT2D eigenvalue weighted by Gasteiger charge is 2.20. The van der Waals surface area contributed by atoms with Gasteiger partial charge in [0.1, 0.15) is 11.0 Å². The number of halogens is 1. The van der Waals surface area contributed by atoms with E-state index < -0.39 is 0 Å². The monoisotopic (exact) mass is 269 g/mol. The predicted molar refractivity (Wildman–Crippen MR) is 71.7 cm³/mol. The summed E-state index contributed by atoms with van der Waals surface area (Å²) in [6.45, 7) is 5.73. The Balaban J connectivity index is 1.95. The minimum atomic E-state index is 0.531. The van der Waals surface area contributed by atoms with Crippen LogP contribution in [0.4, 0.5) is 0 Å². The van der Waals surface area contributed by atoms with Gasteiger partial charge < -0.3 is 4.74 Å². The second kappa shape index (κ2) is 6.45. The fourth-order valence-electron chi connectivity index (χ4n) is 2.53. The van der Waals surface area contributed by atoms with Crippen molar-refractivity contribution in [3.05, 3.63) is 22.7 Å². The van der Waals surface area contributed by atoms with Gasteiger partial charge in [-0.25, -0.2) is 9.97 Å². The molecule has 1 atom stereocenters. The van der Waals surface area contributed by atoms with Crippen LogP contribution in [0, 0.1) is 12.8 Å². The predicted octanol–water partition coefficient (Wildman–Crippen LogP) is 2.30. The van der Waals surface area contributed by atoms with Gasteiger partial charge in [0.25, 0.3) is 0 Å². The molecular formula is C13H20ClN3O. The second-order valence-corrected chi connectivity index (χ2v) is 5.33. The summed E-state index contributed by atoms with van der Waals surface area (Å²) in [6.07, 6.45) is 2.47. The lowest BCUT2D eigenvalue weighted by Crippen LogP contribution is -2.37. The number of aryl methyl sites for hydroxylation is 1. The second-order valence-electron chi connectivity index (χ2n) is 4.95. The average Bonchev–Trinajstić information content (AvgIpc) is 2.28. The number of likely N-dealkylation sites (tertiary alicyclic amines) is 1. The molecule has 0 radical (unpaired) electrons. The molecule has 0 aromatic carbocycles. The molecule has 1 saturated heterocycles. The van der Waals surface area contributed by atoms with Crippen molar-refractivity contribution in [2.24, 2.45) is 5.92 Å². The SMILES string of the molecule is COCC1CCCN(Cc2nc(C)cc(Cl)n2)C1. The van der Waals surface area contributed by atoms with Gasteiger partial charge in [0.2, 0.25) is 0 Å². The van der Waals surface area contributed by atoms with Gasteiger partial charge in [-0.15, -0.1) is 0 Å². The van der Waals surface area contributed by atoms with E-state index in [4.69, 9.17) is 16.3 Å². The van der Waals surface area contributed by atoms with Crippen molar-refractivity contribution in [3.63, 3.8) is 0 Å². The maximum atomic E-state index is 5.96. The van der Waals surface area contributed by atoms with Gasteiger partial charge in [-0.2, -0.15) is 0 Å². The fourth-order valence-corrected chi connectivity index (χ4v) is 2.78. The molecule has 2 rings (SSSR count). The molecule has 0 aliphatic carbocycles. The number of nitrogens with zero attached hydrogens (tertiary/aromatic N) is 3. The van der Waals surface area contributed by atoms with E-state index in [1.54, 1.807) is 13.2 Å². The van der Waals surface area contributed by atoms with Gasteiger partial charge in [-0.05, 0) is 38.3 Å². The number of rotatable bonds is 4. The molecule has 0 bridgehead atoms. The molecule has 0 N–H and O–H groups in total. The zero-order valence-corrected chi connectivity index (χ0v) is 11.8. The maximum Gasteiger partial charge on any atom is 0.144 e. The van der Waals surface area contributed by atoms with Crippen LogP contribution < -0.4 is 0 Å². The van der Waals surface area contributed by atoms with Gasteiger partial charge in [0.05, 0.1) is 13.2 Å². The molecule has 0 saturated carbocycles. The van der Waals surface area contributed by atoms with Crippen molar-refractivity contribution in [2.45, 2.75) is 26.3 Å². The van der Waals surface area contributed by atoms with Crippen LogP contribution in [-0.4, -0.2) is 41.7 Å². The summed E-state index contributed by atoms with van der Waals surface area (Å²) in [7, 11) is 1.77. The lowest BCUT2D eigenvalue weighted by Gasteiger charge is -2.31. The smallest absolute Gasteiger partial charge is 0.144 e. The van der Waals surface area contributed by atoms with E-state index >= 15 is 0 Å². The molecular weight excluding hydrogens is 250 g/mol. The van der Waals surface area contributed by atoms with Crippen molar-refractivity contribution < 1.29 is 4.74 Å². The summed E-state index contributed by atoms with van der Waals surface area (Å²) in [5.74, 6) is 1.45. The van der Waals surface area contributed by atoms with Crippen LogP contribution in [0.1, 0.15) is 24.4 Å². The summed E-state index contributed by atoms with van der Waals surface area (Å²) in [4.78, 5) is 11.1. The molecule has 1 aromatic rings. The summed E-state index contributed by atoms with van der Waals surface area (Å²) in [5.41, 5.74) is 0.926. The maximum absolute atomic E-state index is 5.96. The highest BCUT2D eigenvalue weighted by Crippen LogP contribution is 2.18. The third kappa shape index (κ3) is 3.90. The highest BCUT2D eigenvalue weighted by molar-refractivity contribution is 6.29. The van der Waals surface area contributed by atoms with Gasteiger partial charge in [0.15, 0.2) is 0 Å². The molecule has 2 heterocycles. The molecule has 100 valence electrons.